The number of rotatable bonds is 6. The second kappa shape index (κ2) is 8.74. The van der Waals surface area contributed by atoms with Crippen LogP contribution in [0.1, 0.15) is 60.7 Å². The Bertz CT molecular complexity index is 955. The van der Waals surface area contributed by atoms with Gasteiger partial charge in [0.2, 0.25) is 0 Å². The van der Waals surface area contributed by atoms with E-state index in [9.17, 15) is 23.1 Å². The van der Waals surface area contributed by atoms with Gasteiger partial charge in [-0.15, -0.1) is 0 Å². The zero-order valence-electron chi connectivity index (χ0n) is 17.8. The van der Waals surface area contributed by atoms with Gasteiger partial charge in [-0.1, -0.05) is 19.1 Å². The third kappa shape index (κ3) is 4.61. The molecule has 174 valence electrons. The number of hydrogen-bond acceptors (Lipinski definition) is 5. The fraction of sp³-hybridized carbons (Fsp3) is 0.545. The Balaban J connectivity index is 1.49. The number of hydrogen-bond donors (Lipinski definition) is 3. The summed E-state index contributed by atoms with van der Waals surface area (Å²) in [5, 5.41) is 16.9. The van der Waals surface area contributed by atoms with E-state index in [-0.39, 0.29) is 23.0 Å². The van der Waals surface area contributed by atoms with Crippen LogP contribution >= 0.6 is 0 Å². The Morgan fingerprint density at radius 2 is 1.94 bits per heavy atom. The first-order valence-electron chi connectivity index (χ1n) is 10.9. The highest BCUT2D eigenvalue weighted by Crippen LogP contribution is 2.38. The summed E-state index contributed by atoms with van der Waals surface area (Å²) in [6.45, 7) is 4.53. The number of aliphatic hydroxyl groups excluding tert-OH is 1. The number of nitrogens with two attached hydrogens (primary N) is 1. The van der Waals surface area contributed by atoms with Gasteiger partial charge in [0.15, 0.2) is 11.9 Å². The van der Waals surface area contributed by atoms with Gasteiger partial charge in [-0.25, -0.2) is 0 Å². The van der Waals surface area contributed by atoms with E-state index in [4.69, 9.17) is 5.73 Å². The van der Waals surface area contributed by atoms with Crippen LogP contribution in [0, 0.1) is 5.92 Å². The van der Waals surface area contributed by atoms with Crippen molar-refractivity contribution in [3.63, 3.8) is 0 Å². The maximum atomic E-state index is 12.7. The lowest BCUT2D eigenvalue weighted by Crippen LogP contribution is -2.48. The molecule has 2 heterocycles. The van der Waals surface area contributed by atoms with Gasteiger partial charge in [-0.3, -0.25) is 9.48 Å². The standard InChI is InChI=1S/C22H28F3N5O2/c1-13-11-16(29-9-2-10-29)7-8-18(13)30-12-17(20(26)32)21(28-30)27-15-5-3-14(4-6-15)19(31)22(23,24)25/h3-6,12-13,16,18-19,31H,2,7-11H2,1H3,(H2,26,32)(H,27,28)/t13-,16-,18-,19-/m0/s1. The van der Waals surface area contributed by atoms with Gasteiger partial charge in [-0.05, 0) is 62.4 Å². The summed E-state index contributed by atoms with van der Waals surface area (Å²) in [4.78, 5) is 14.5. The average Bonchev–Trinajstić information content (AvgIpc) is 3.10. The van der Waals surface area contributed by atoms with Crippen molar-refractivity contribution in [3.05, 3.63) is 41.6 Å². The van der Waals surface area contributed by atoms with Crippen molar-refractivity contribution in [2.45, 2.75) is 57.0 Å². The van der Waals surface area contributed by atoms with Crippen LogP contribution in [-0.4, -0.2) is 51.0 Å². The van der Waals surface area contributed by atoms with E-state index < -0.39 is 18.2 Å². The van der Waals surface area contributed by atoms with E-state index in [1.165, 1.54) is 43.8 Å². The van der Waals surface area contributed by atoms with E-state index in [2.05, 4.69) is 22.2 Å². The molecule has 1 amide bonds. The highest BCUT2D eigenvalue weighted by Gasteiger charge is 2.39. The van der Waals surface area contributed by atoms with Gasteiger partial charge in [0.1, 0.15) is 5.56 Å². The molecule has 2 aliphatic rings. The van der Waals surface area contributed by atoms with Gasteiger partial charge in [0, 0.05) is 17.9 Å². The molecular weight excluding hydrogens is 423 g/mol. The van der Waals surface area contributed by atoms with Crippen LogP contribution in [0.5, 0.6) is 0 Å². The molecule has 4 atom stereocenters. The second-order valence-corrected chi connectivity index (χ2v) is 8.83. The van der Waals surface area contributed by atoms with Gasteiger partial charge in [0.25, 0.3) is 5.91 Å². The summed E-state index contributed by atoms with van der Waals surface area (Å²) in [6, 6.07) is 5.90. The molecule has 32 heavy (non-hydrogen) atoms. The van der Waals surface area contributed by atoms with E-state index in [0.717, 1.165) is 19.3 Å². The predicted molar refractivity (Wildman–Crippen MR) is 114 cm³/mol. The molecule has 2 aromatic rings. The number of likely N-dealkylation sites (tertiary alicyclic amines) is 1. The number of primary amides is 1. The maximum Gasteiger partial charge on any atom is 0.418 e. The number of carbonyl (C=O) groups excluding carboxylic acids is 1. The number of nitrogens with zero attached hydrogens (tertiary/aromatic N) is 3. The van der Waals surface area contributed by atoms with Crippen molar-refractivity contribution in [1.82, 2.24) is 14.7 Å². The van der Waals surface area contributed by atoms with Crippen molar-refractivity contribution < 1.29 is 23.1 Å². The average molecular weight is 451 g/mol. The zero-order valence-corrected chi connectivity index (χ0v) is 17.8. The Hall–Kier alpha value is -2.59. The van der Waals surface area contributed by atoms with Gasteiger partial charge in [0.05, 0.1) is 6.04 Å². The van der Waals surface area contributed by atoms with E-state index in [0.29, 0.717) is 17.6 Å². The van der Waals surface area contributed by atoms with E-state index >= 15 is 0 Å². The highest BCUT2D eigenvalue weighted by atomic mass is 19.4. The summed E-state index contributed by atoms with van der Waals surface area (Å²) in [7, 11) is 0. The molecule has 1 aliphatic heterocycles. The molecule has 1 aromatic carbocycles. The predicted octanol–water partition coefficient (Wildman–Crippen LogP) is 3.76. The van der Waals surface area contributed by atoms with Crippen LogP contribution in [0.4, 0.5) is 24.7 Å². The van der Waals surface area contributed by atoms with Crippen LogP contribution in [0.2, 0.25) is 0 Å². The molecule has 1 aliphatic carbocycles. The third-order valence-electron chi connectivity index (χ3n) is 6.64. The molecule has 4 rings (SSSR count). The third-order valence-corrected chi connectivity index (χ3v) is 6.64. The minimum atomic E-state index is -4.74. The minimum Gasteiger partial charge on any atom is -0.379 e. The molecule has 0 spiro atoms. The molecule has 0 bridgehead atoms. The molecule has 1 saturated carbocycles. The number of carbonyl (C=O) groups is 1. The quantitative estimate of drug-likeness (QED) is 0.622. The fourth-order valence-corrected chi connectivity index (χ4v) is 4.69. The Morgan fingerprint density at radius 3 is 2.47 bits per heavy atom. The number of amides is 1. The maximum absolute atomic E-state index is 12.7. The number of aromatic nitrogens is 2. The number of alkyl halides is 3. The van der Waals surface area contributed by atoms with Crippen LogP contribution in [-0.2, 0) is 0 Å². The lowest BCUT2D eigenvalue weighted by molar-refractivity contribution is -0.206. The van der Waals surface area contributed by atoms with Crippen molar-refractivity contribution in [1.29, 1.82) is 0 Å². The first-order valence-corrected chi connectivity index (χ1v) is 10.9. The second-order valence-electron chi connectivity index (χ2n) is 8.83. The van der Waals surface area contributed by atoms with Crippen molar-refractivity contribution in [2.24, 2.45) is 11.7 Å². The topological polar surface area (TPSA) is 96.4 Å². The lowest BCUT2D eigenvalue weighted by Gasteiger charge is -2.44. The number of anilines is 2. The number of halogens is 3. The lowest BCUT2D eigenvalue weighted by atomic mass is 9.81. The normalized spacial score (nSPS) is 25.2. The van der Waals surface area contributed by atoms with E-state index in [1.807, 2.05) is 0 Å². The Labute approximate surface area is 184 Å². The number of aliphatic hydroxyl groups is 1. The smallest absolute Gasteiger partial charge is 0.379 e. The number of nitrogens with one attached hydrogen (secondary N) is 1. The molecule has 1 aromatic heterocycles. The highest BCUT2D eigenvalue weighted by molar-refractivity contribution is 5.98. The number of benzene rings is 1. The van der Waals surface area contributed by atoms with Crippen LogP contribution in [0.3, 0.4) is 0 Å². The molecule has 2 fully saturated rings. The van der Waals surface area contributed by atoms with Gasteiger partial charge >= 0.3 is 6.18 Å². The molecule has 0 radical (unpaired) electrons. The summed E-state index contributed by atoms with van der Waals surface area (Å²) in [6.07, 6.45) is -1.28. The first-order chi connectivity index (χ1) is 15.1. The molecule has 1 saturated heterocycles. The Kier molecular flexibility index (Phi) is 6.17. The van der Waals surface area contributed by atoms with Crippen LogP contribution in [0.25, 0.3) is 0 Å². The van der Waals surface area contributed by atoms with Crippen LogP contribution < -0.4 is 11.1 Å². The van der Waals surface area contributed by atoms with Crippen LogP contribution in [0.15, 0.2) is 30.5 Å². The van der Waals surface area contributed by atoms with Crippen molar-refractivity contribution >= 4 is 17.4 Å². The molecular formula is C22H28F3N5O2. The molecule has 0 unspecified atom stereocenters. The van der Waals surface area contributed by atoms with E-state index in [1.54, 1.807) is 10.9 Å². The van der Waals surface area contributed by atoms with Gasteiger partial charge < -0.3 is 21.1 Å². The molecule has 7 nitrogen and oxygen atoms in total. The van der Waals surface area contributed by atoms with Gasteiger partial charge in [-0.2, -0.15) is 18.3 Å². The van der Waals surface area contributed by atoms with Crippen molar-refractivity contribution in [2.75, 3.05) is 18.4 Å². The SMILES string of the molecule is C[C@H]1C[C@@H](N2CCC2)CC[C@@H]1n1cc(C(N)=O)c(Nc2ccc([C@H](O)C(F)(F)F)cc2)n1. The summed E-state index contributed by atoms with van der Waals surface area (Å²) >= 11 is 0. The Morgan fingerprint density at radius 1 is 1.25 bits per heavy atom. The summed E-state index contributed by atoms with van der Waals surface area (Å²) in [5.74, 6) is 0.00874. The summed E-state index contributed by atoms with van der Waals surface area (Å²) < 4.78 is 39.9. The first kappa shape index (κ1) is 22.6. The minimum absolute atomic E-state index is 0.144. The molecule has 4 N–H and O–H groups in total. The largest absolute Gasteiger partial charge is 0.418 e. The molecule has 10 heteroatoms. The van der Waals surface area contributed by atoms with Crippen molar-refractivity contribution in [3.8, 4) is 0 Å². The fourth-order valence-electron chi connectivity index (χ4n) is 4.69. The monoisotopic (exact) mass is 451 g/mol. The summed E-state index contributed by atoms with van der Waals surface area (Å²) in [5.41, 5.74) is 5.94. The zero-order chi connectivity index (χ0) is 23.0.